The minimum atomic E-state index is -4.63. The van der Waals surface area contributed by atoms with Crippen molar-refractivity contribution in [3.05, 3.63) is 12.2 Å². The maximum atomic E-state index is 12.4. The third-order valence-corrected chi connectivity index (χ3v) is 11.2. The summed E-state index contributed by atoms with van der Waals surface area (Å²) in [5.41, 5.74) is 0. The van der Waals surface area contributed by atoms with E-state index in [9.17, 15) is 29.3 Å². The van der Waals surface area contributed by atoms with Crippen LogP contribution in [0.3, 0.4) is 0 Å². The average Bonchev–Trinajstić information content (AvgIpc) is 3.19. The number of rotatable bonds is 44. The van der Waals surface area contributed by atoms with E-state index in [1.807, 2.05) is 0 Å². The summed E-state index contributed by atoms with van der Waals surface area (Å²) in [5.74, 6) is -1.02. The fraction of sp³-hybridized carbons (Fsp3) is 0.911. The van der Waals surface area contributed by atoms with Crippen LogP contribution in [0.25, 0.3) is 0 Å². The van der Waals surface area contributed by atoms with Crippen LogP contribution in [0.4, 0.5) is 0 Å². The van der Waals surface area contributed by atoms with E-state index < -0.39 is 58.4 Å². The van der Waals surface area contributed by atoms with Gasteiger partial charge in [0.25, 0.3) is 0 Å². The normalized spacial score (nSPS) is 13.9. The zero-order valence-corrected chi connectivity index (χ0v) is 37.0. The Hall–Kier alpha value is -1.29. The summed E-state index contributed by atoms with van der Waals surface area (Å²) in [4.78, 5) is 34.5. The number of phosphoric ester groups is 1. The van der Waals surface area contributed by atoms with Gasteiger partial charge >= 0.3 is 19.8 Å². The third-order valence-electron chi connectivity index (χ3n) is 10.2. The van der Waals surface area contributed by atoms with Crippen LogP contribution in [0.15, 0.2) is 12.2 Å². The molecule has 0 heterocycles. The Kier molecular flexibility index (Phi) is 40.9. The van der Waals surface area contributed by atoms with Crippen molar-refractivity contribution >= 4 is 19.8 Å². The minimum absolute atomic E-state index is 0.184. The van der Waals surface area contributed by atoms with Crippen molar-refractivity contribution in [2.75, 3.05) is 26.4 Å². The van der Waals surface area contributed by atoms with Gasteiger partial charge < -0.3 is 24.6 Å². The van der Waals surface area contributed by atoms with Gasteiger partial charge in [-0.1, -0.05) is 193 Å². The molecular weight excluding hydrogens is 731 g/mol. The van der Waals surface area contributed by atoms with Gasteiger partial charge in [-0.15, -0.1) is 0 Å². The molecule has 0 saturated carbocycles. The number of hydrogen-bond donors (Lipinski definition) is 3. The molecule has 3 N–H and O–H groups in total. The summed E-state index contributed by atoms with van der Waals surface area (Å²) < 4.78 is 32.6. The van der Waals surface area contributed by atoms with E-state index >= 15 is 0 Å². The number of aliphatic hydroxyl groups excluding tert-OH is 2. The average molecular weight is 819 g/mol. The highest BCUT2D eigenvalue weighted by Gasteiger charge is 2.27. The molecule has 56 heavy (non-hydrogen) atoms. The second kappa shape index (κ2) is 41.9. The van der Waals surface area contributed by atoms with Crippen LogP contribution in [0, 0.1) is 0 Å². The van der Waals surface area contributed by atoms with Crippen molar-refractivity contribution < 1.29 is 47.8 Å². The Morgan fingerprint density at radius 3 is 1.07 bits per heavy atom. The number of esters is 2. The molecule has 0 amide bonds. The summed E-state index contributed by atoms with van der Waals surface area (Å²) in [6, 6.07) is 0. The molecular formula is C45H87O10P. The molecule has 3 unspecified atom stereocenters. The van der Waals surface area contributed by atoms with E-state index in [0.29, 0.717) is 12.8 Å². The first kappa shape index (κ1) is 54.7. The third kappa shape index (κ3) is 39.5. The minimum Gasteiger partial charge on any atom is -0.457 e. The first-order chi connectivity index (χ1) is 27.3. The smallest absolute Gasteiger partial charge is 0.457 e. The monoisotopic (exact) mass is 819 g/mol. The van der Waals surface area contributed by atoms with Gasteiger partial charge in [0.2, 0.25) is 0 Å². The molecule has 0 spiro atoms. The highest BCUT2D eigenvalue weighted by molar-refractivity contribution is 7.47. The number of ether oxygens (including phenoxy) is 2. The molecule has 0 aromatic rings. The fourth-order valence-electron chi connectivity index (χ4n) is 6.63. The highest BCUT2D eigenvalue weighted by Crippen LogP contribution is 2.43. The van der Waals surface area contributed by atoms with Crippen molar-refractivity contribution in [1.29, 1.82) is 0 Å². The van der Waals surface area contributed by atoms with Crippen molar-refractivity contribution in [3.8, 4) is 0 Å². The zero-order chi connectivity index (χ0) is 41.2. The lowest BCUT2D eigenvalue weighted by atomic mass is 10.0. The SMILES string of the molecule is CCCC/C=C\CCCCCCCC(=O)OC(CO)COP(=O)(O)OCC(CO)OC(=O)CCCCCCCCCCCCCCCCCCCCCCCC. The maximum absolute atomic E-state index is 12.4. The number of carbonyl (C=O) groups is 2. The Labute approximate surface area is 343 Å². The number of hydrogen-bond acceptors (Lipinski definition) is 9. The van der Waals surface area contributed by atoms with Gasteiger partial charge in [0.1, 0.15) is 12.2 Å². The number of unbranched alkanes of at least 4 members (excludes halogenated alkanes) is 28. The number of aliphatic hydroxyl groups is 2. The molecule has 0 aliphatic rings. The molecule has 332 valence electrons. The van der Waals surface area contributed by atoms with Crippen LogP contribution in [-0.4, -0.2) is 65.7 Å². The summed E-state index contributed by atoms with van der Waals surface area (Å²) in [7, 11) is -4.63. The van der Waals surface area contributed by atoms with Crippen LogP contribution >= 0.6 is 7.82 Å². The Morgan fingerprint density at radius 1 is 0.464 bits per heavy atom. The first-order valence-corrected chi connectivity index (χ1v) is 24.6. The van der Waals surface area contributed by atoms with Crippen molar-refractivity contribution in [3.63, 3.8) is 0 Å². The Balaban J connectivity index is 3.80. The van der Waals surface area contributed by atoms with Gasteiger partial charge in [0.05, 0.1) is 26.4 Å². The van der Waals surface area contributed by atoms with E-state index in [0.717, 1.165) is 57.8 Å². The summed E-state index contributed by atoms with van der Waals surface area (Å²) >= 11 is 0. The molecule has 0 fully saturated rings. The number of allylic oxidation sites excluding steroid dienone is 2. The van der Waals surface area contributed by atoms with Crippen molar-refractivity contribution in [2.24, 2.45) is 0 Å². The van der Waals surface area contributed by atoms with Gasteiger partial charge in [0.15, 0.2) is 0 Å². The van der Waals surface area contributed by atoms with Gasteiger partial charge in [-0.25, -0.2) is 4.57 Å². The lowest BCUT2D eigenvalue weighted by Crippen LogP contribution is -2.28. The fourth-order valence-corrected chi connectivity index (χ4v) is 7.41. The molecule has 0 aliphatic heterocycles. The highest BCUT2D eigenvalue weighted by atomic mass is 31.2. The predicted octanol–water partition coefficient (Wildman–Crippen LogP) is 12.4. The van der Waals surface area contributed by atoms with E-state index in [2.05, 4.69) is 26.0 Å². The largest absolute Gasteiger partial charge is 0.472 e. The Bertz CT molecular complexity index is 946. The summed E-state index contributed by atoms with van der Waals surface area (Å²) in [5, 5.41) is 19.2. The van der Waals surface area contributed by atoms with E-state index in [1.165, 1.54) is 128 Å². The zero-order valence-electron chi connectivity index (χ0n) is 36.1. The van der Waals surface area contributed by atoms with Crippen LogP contribution in [0.1, 0.15) is 226 Å². The van der Waals surface area contributed by atoms with Crippen molar-refractivity contribution in [1.82, 2.24) is 0 Å². The lowest BCUT2D eigenvalue weighted by Gasteiger charge is -2.20. The van der Waals surface area contributed by atoms with Gasteiger partial charge in [-0.3, -0.25) is 18.6 Å². The molecule has 0 radical (unpaired) electrons. The van der Waals surface area contributed by atoms with Crippen LogP contribution in [0.5, 0.6) is 0 Å². The molecule has 0 bridgehead atoms. The quantitative estimate of drug-likeness (QED) is 0.0235. The second-order valence-electron chi connectivity index (χ2n) is 15.7. The van der Waals surface area contributed by atoms with Gasteiger partial charge in [-0.05, 0) is 32.1 Å². The topological polar surface area (TPSA) is 149 Å². The molecule has 0 aliphatic carbocycles. The molecule has 3 atom stereocenters. The lowest BCUT2D eigenvalue weighted by molar-refractivity contribution is -0.153. The second-order valence-corrected chi connectivity index (χ2v) is 17.2. The van der Waals surface area contributed by atoms with E-state index in [4.69, 9.17) is 18.5 Å². The van der Waals surface area contributed by atoms with E-state index in [1.54, 1.807) is 0 Å². The van der Waals surface area contributed by atoms with Gasteiger partial charge in [0, 0.05) is 12.8 Å². The Morgan fingerprint density at radius 2 is 0.750 bits per heavy atom. The molecule has 0 aromatic heterocycles. The molecule has 11 heteroatoms. The summed E-state index contributed by atoms with van der Waals surface area (Å²) in [6.07, 6.45) is 40.6. The van der Waals surface area contributed by atoms with Crippen molar-refractivity contribution in [2.45, 2.75) is 238 Å². The molecule has 0 rings (SSSR count). The molecule has 10 nitrogen and oxygen atoms in total. The maximum Gasteiger partial charge on any atom is 0.472 e. The number of carbonyl (C=O) groups excluding carboxylic acids is 2. The van der Waals surface area contributed by atoms with Crippen LogP contribution in [0.2, 0.25) is 0 Å². The standard InChI is InChI=1S/C45H87O10P/c1-3-5-7-9-11-13-15-16-17-18-19-20-21-22-23-24-25-27-29-31-33-35-37-45(49)55-43(39-47)41-53-56(50,51)52-40-42(38-46)54-44(48)36-34-32-30-28-26-14-12-10-8-6-4-2/h10,12,42-43,46-47H,3-9,11,13-41H2,1-2H3,(H,50,51)/b12-10-. The van der Waals surface area contributed by atoms with E-state index in [-0.39, 0.29) is 12.8 Å². The predicted molar refractivity (Wildman–Crippen MR) is 229 cm³/mol. The molecule has 0 aromatic carbocycles. The van der Waals surface area contributed by atoms with Crippen LogP contribution in [-0.2, 0) is 32.7 Å². The van der Waals surface area contributed by atoms with Crippen LogP contribution < -0.4 is 0 Å². The van der Waals surface area contributed by atoms with Gasteiger partial charge in [-0.2, -0.15) is 0 Å². The number of phosphoric acid groups is 1. The first-order valence-electron chi connectivity index (χ1n) is 23.1. The molecule has 0 saturated heterocycles. The summed E-state index contributed by atoms with van der Waals surface area (Å²) in [6.45, 7) is 2.19.